The molecule has 3 heteroatoms. The molecule has 1 aromatic heterocycles. The monoisotopic (exact) mass is 215 g/mol. The Morgan fingerprint density at radius 1 is 1.31 bits per heavy atom. The van der Waals surface area contributed by atoms with Gasteiger partial charge in [-0.3, -0.25) is 0 Å². The maximum Gasteiger partial charge on any atom is 0.139 e. The second-order valence-corrected chi connectivity index (χ2v) is 4.24. The predicted molar refractivity (Wildman–Crippen MR) is 66.0 cm³/mol. The molecule has 0 spiro atoms. The SMILES string of the molecule is CC(N)Cc1ccc(-c2nccn2C)cc1. The van der Waals surface area contributed by atoms with E-state index < -0.39 is 0 Å². The number of hydrogen-bond acceptors (Lipinski definition) is 2. The minimum Gasteiger partial charge on any atom is -0.334 e. The van der Waals surface area contributed by atoms with Crippen molar-refractivity contribution in [3.8, 4) is 11.4 Å². The molecule has 84 valence electrons. The molecular formula is C13H17N3. The van der Waals surface area contributed by atoms with Gasteiger partial charge in [-0.1, -0.05) is 24.3 Å². The summed E-state index contributed by atoms with van der Waals surface area (Å²) >= 11 is 0. The standard InChI is InChI=1S/C13H17N3/c1-10(14)9-11-3-5-12(6-4-11)13-15-7-8-16(13)2/h3-8,10H,9,14H2,1-2H3. The van der Waals surface area contributed by atoms with Crippen molar-refractivity contribution < 1.29 is 0 Å². The van der Waals surface area contributed by atoms with Gasteiger partial charge in [0.15, 0.2) is 0 Å². The van der Waals surface area contributed by atoms with Gasteiger partial charge in [0.05, 0.1) is 0 Å². The minimum atomic E-state index is 0.207. The molecule has 0 saturated heterocycles. The molecule has 0 amide bonds. The lowest BCUT2D eigenvalue weighted by Crippen LogP contribution is -2.17. The van der Waals surface area contributed by atoms with Crippen LogP contribution in [0.2, 0.25) is 0 Å². The van der Waals surface area contributed by atoms with Crippen LogP contribution < -0.4 is 5.73 Å². The van der Waals surface area contributed by atoms with Crippen molar-refractivity contribution in [2.75, 3.05) is 0 Å². The first-order chi connectivity index (χ1) is 7.66. The molecule has 0 aliphatic heterocycles. The van der Waals surface area contributed by atoms with Gasteiger partial charge in [0.25, 0.3) is 0 Å². The highest BCUT2D eigenvalue weighted by atomic mass is 15.0. The average molecular weight is 215 g/mol. The van der Waals surface area contributed by atoms with Crippen LogP contribution in [0.1, 0.15) is 12.5 Å². The summed E-state index contributed by atoms with van der Waals surface area (Å²) in [6.45, 7) is 2.02. The Kier molecular flexibility index (Phi) is 3.06. The highest BCUT2D eigenvalue weighted by molar-refractivity contribution is 5.55. The van der Waals surface area contributed by atoms with Crippen LogP contribution in [-0.2, 0) is 13.5 Å². The van der Waals surface area contributed by atoms with E-state index in [0.717, 1.165) is 17.8 Å². The number of benzene rings is 1. The van der Waals surface area contributed by atoms with E-state index in [2.05, 4.69) is 29.2 Å². The lowest BCUT2D eigenvalue weighted by molar-refractivity contribution is 0.738. The number of nitrogens with zero attached hydrogens (tertiary/aromatic N) is 2. The highest BCUT2D eigenvalue weighted by Gasteiger charge is 2.03. The molecule has 1 aromatic carbocycles. The van der Waals surface area contributed by atoms with Crippen LogP contribution in [-0.4, -0.2) is 15.6 Å². The average Bonchev–Trinajstić information content (AvgIpc) is 2.65. The van der Waals surface area contributed by atoms with Gasteiger partial charge in [-0.15, -0.1) is 0 Å². The predicted octanol–water partition coefficient (Wildman–Crippen LogP) is 1.98. The van der Waals surface area contributed by atoms with E-state index in [0.29, 0.717) is 0 Å². The number of aryl methyl sites for hydroxylation is 1. The van der Waals surface area contributed by atoms with Crippen molar-refractivity contribution in [3.05, 3.63) is 42.2 Å². The van der Waals surface area contributed by atoms with E-state index in [9.17, 15) is 0 Å². The van der Waals surface area contributed by atoms with E-state index in [1.54, 1.807) is 0 Å². The van der Waals surface area contributed by atoms with Gasteiger partial charge in [-0.2, -0.15) is 0 Å². The van der Waals surface area contributed by atoms with Crippen molar-refractivity contribution in [1.29, 1.82) is 0 Å². The largest absolute Gasteiger partial charge is 0.334 e. The van der Waals surface area contributed by atoms with Crippen LogP contribution in [0.3, 0.4) is 0 Å². The Morgan fingerprint density at radius 2 is 2.00 bits per heavy atom. The van der Waals surface area contributed by atoms with Crippen molar-refractivity contribution in [2.24, 2.45) is 12.8 Å². The van der Waals surface area contributed by atoms with Crippen molar-refractivity contribution in [3.63, 3.8) is 0 Å². The summed E-state index contributed by atoms with van der Waals surface area (Å²) in [5.41, 5.74) is 8.18. The summed E-state index contributed by atoms with van der Waals surface area (Å²) in [5.74, 6) is 0.993. The third-order valence-electron chi connectivity index (χ3n) is 2.59. The van der Waals surface area contributed by atoms with Crippen molar-refractivity contribution >= 4 is 0 Å². The molecule has 0 aliphatic rings. The van der Waals surface area contributed by atoms with Crippen molar-refractivity contribution in [1.82, 2.24) is 9.55 Å². The first kappa shape index (κ1) is 10.9. The Labute approximate surface area is 95.9 Å². The Hall–Kier alpha value is -1.61. The van der Waals surface area contributed by atoms with Crippen LogP contribution in [0, 0.1) is 0 Å². The summed E-state index contributed by atoms with van der Waals surface area (Å²) in [6, 6.07) is 8.64. The second-order valence-electron chi connectivity index (χ2n) is 4.24. The molecule has 2 rings (SSSR count). The normalized spacial score (nSPS) is 12.7. The van der Waals surface area contributed by atoms with Crippen LogP contribution in [0.5, 0.6) is 0 Å². The molecule has 2 aromatic rings. The van der Waals surface area contributed by atoms with Gasteiger partial charge in [0.1, 0.15) is 5.82 Å². The van der Waals surface area contributed by atoms with E-state index in [1.165, 1.54) is 5.56 Å². The van der Waals surface area contributed by atoms with Gasteiger partial charge >= 0.3 is 0 Å². The zero-order chi connectivity index (χ0) is 11.5. The summed E-state index contributed by atoms with van der Waals surface area (Å²) in [4.78, 5) is 4.31. The zero-order valence-corrected chi connectivity index (χ0v) is 9.72. The number of hydrogen-bond donors (Lipinski definition) is 1. The first-order valence-corrected chi connectivity index (χ1v) is 5.49. The number of imidazole rings is 1. The third kappa shape index (κ3) is 2.31. The zero-order valence-electron chi connectivity index (χ0n) is 9.72. The molecule has 1 heterocycles. The molecule has 0 bridgehead atoms. The number of aromatic nitrogens is 2. The van der Waals surface area contributed by atoms with Gasteiger partial charge in [-0.05, 0) is 18.9 Å². The maximum absolute atomic E-state index is 5.76. The minimum absolute atomic E-state index is 0.207. The summed E-state index contributed by atoms with van der Waals surface area (Å²) in [5, 5.41) is 0. The molecule has 1 unspecified atom stereocenters. The van der Waals surface area contributed by atoms with E-state index >= 15 is 0 Å². The second kappa shape index (κ2) is 4.49. The fraction of sp³-hybridized carbons (Fsp3) is 0.308. The molecular weight excluding hydrogens is 198 g/mol. The van der Waals surface area contributed by atoms with E-state index in [4.69, 9.17) is 5.73 Å². The van der Waals surface area contributed by atoms with Crippen LogP contribution >= 0.6 is 0 Å². The molecule has 2 N–H and O–H groups in total. The van der Waals surface area contributed by atoms with Gasteiger partial charge in [0, 0.05) is 31.0 Å². The third-order valence-corrected chi connectivity index (χ3v) is 2.59. The lowest BCUT2D eigenvalue weighted by atomic mass is 10.1. The maximum atomic E-state index is 5.76. The first-order valence-electron chi connectivity index (χ1n) is 5.49. The van der Waals surface area contributed by atoms with Crippen LogP contribution in [0.4, 0.5) is 0 Å². The Bertz CT molecular complexity index is 454. The summed E-state index contributed by atoms with van der Waals surface area (Å²) in [6.07, 6.45) is 4.68. The van der Waals surface area contributed by atoms with Crippen molar-refractivity contribution in [2.45, 2.75) is 19.4 Å². The van der Waals surface area contributed by atoms with E-state index in [-0.39, 0.29) is 6.04 Å². The molecule has 0 fully saturated rings. The number of nitrogens with two attached hydrogens (primary N) is 1. The smallest absolute Gasteiger partial charge is 0.139 e. The molecule has 0 saturated carbocycles. The summed E-state index contributed by atoms with van der Waals surface area (Å²) in [7, 11) is 2.00. The highest BCUT2D eigenvalue weighted by Crippen LogP contribution is 2.17. The Morgan fingerprint density at radius 3 is 2.50 bits per heavy atom. The van der Waals surface area contributed by atoms with Gasteiger partial charge in [0.2, 0.25) is 0 Å². The van der Waals surface area contributed by atoms with Crippen LogP contribution in [0.25, 0.3) is 11.4 Å². The topological polar surface area (TPSA) is 43.8 Å². The fourth-order valence-corrected chi connectivity index (χ4v) is 1.81. The summed E-state index contributed by atoms with van der Waals surface area (Å²) < 4.78 is 2.01. The Balaban J connectivity index is 2.23. The molecule has 0 aliphatic carbocycles. The van der Waals surface area contributed by atoms with Crippen LogP contribution in [0.15, 0.2) is 36.7 Å². The molecule has 0 radical (unpaired) electrons. The van der Waals surface area contributed by atoms with Gasteiger partial charge < -0.3 is 10.3 Å². The number of rotatable bonds is 3. The fourth-order valence-electron chi connectivity index (χ4n) is 1.81. The van der Waals surface area contributed by atoms with E-state index in [1.807, 2.05) is 30.9 Å². The lowest BCUT2D eigenvalue weighted by Gasteiger charge is -2.06. The molecule has 3 nitrogen and oxygen atoms in total. The molecule has 16 heavy (non-hydrogen) atoms. The molecule has 1 atom stereocenters. The quantitative estimate of drug-likeness (QED) is 0.850. The van der Waals surface area contributed by atoms with Gasteiger partial charge in [-0.25, -0.2) is 4.98 Å².